The molecule has 0 aliphatic carbocycles. The van der Waals surface area contributed by atoms with Gasteiger partial charge in [-0.2, -0.15) is 10.1 Å². The zero-order chi connectivity index (χ0) is 14.1. The van der Waals surface area contributed by atoms with E-state index in [4.69, 9.17) is 8.94 Å². The van der Waals surface area contributed by atoms with E-state index in [1.165, 1.54) is 0 Å². The Morgan fingerprint density at radius 3 is 3.33 bits per heavy atom. The lowest BCUT2D eigenvalue weighted by atomic mass is 10.1. The first kappa shape index (κ1) is 12.3. The molecule has 3 aromatic rings. The fourth-order valence-electron chi connectivity index (χ4n) is 2.47. The van der Waals surface area contributed by atoms with Gasteiger partial charge in [-0.05, 0) is 18.6 Å². The molecule has 1 atom stereocenters. The van der Waals surface area contributed by atoms with Crippen LogP contribution >= 0.6 is 0 Å². The molecular formula is C13H14N6O2. The Kier molecular flexibility index (Phi) is 3.00. The standard InChI is InChI=1S/C13H14N6O2/c1-2-10(20-5-1)13-17-12(21-18-13)6-14-9-3-4-11-15-8-16-19(11)7-9/h1-2,5,8-9,14H,3-4,6-7H2. The summed E-state index contributed by atoms with van der Waals surface area (Å²) in [6.45, 7) is 1.34. The van der Waals surface area contributed by atoms with Crippen LogP contribution in [0.4, 0.5) is 0 Å². The maximum Gasteiger partial charge on any atom is 0.241 e. The second-order valence-corrected chi connectivity index (χ2v) is 4.96. The Balaban J connectivity index is 1.37. The van der Waals surface area contributed by atoms with Crippen molar-refractivity contribution in [3.63, 3.8) is 0 Å². The molecule has 0 saturated heterocycles. The van der Waals surface area contributed by atoms with Gasteiger partial charge in [-0.25, -0.2) is 9.67 Å². The van der Waals surface area contributed by atoms with Gasteiger partial charge >= 0.3 is 0 Å². The number of hydrogen-bond acceptors (Lipinski definition) is 7. The third kappa shape index (κ3) is 2.45. The van der Waals surface area contributed by atoms with Gasteiger partial charge in [0.2, 0.25) is 11.7 Å². The van der Waals surface area contributed by atoms with Gasteiger partial charge in [0.15, 0.2) is 5.76 Å². The third-order valence-corrected chi connectivity index (χ3v) is 3.56. The summed E-state index contributed by atoms with van der Waals surface area (Å²) in [5, 5.41) is 11.5. The smallest absolute Gasteiger partial charge is 0.241 e. The van der Waals surface area contributed by atoms with E-state index in [0.29, 0.717) is 30.1 Å². The lowest BCUT2D eigenvalue weighted by molar-refractivity contribution is 0.320. The number of rotatable bonds is 4. The molecule has 4 heterocycles. The number of fused-ring (bicyclic) bond motifs is 1. The molecule has 4 rings (SSSR count). The topological polar surface area (TPSA) is 94.8 Å². The highest BCUT2D eigenvalue weighted by molar-refractivity contribution is 5.44. The quantitative estimate of drug-likeness (QED) is 0.765. The van der Waals surface area contributed by atoms with E-state index in [2.05, 4.69) is 25.5 Å². The largest absolute Gasteiger partial charge is 0.461 e. The van der Waals surface area contributed by atoms with Crippen LogP contribution in [0.1, 0.15) is 18.1 Å². The van der Waals surface area contributed by atoms with Crippen LogP contribution in [0, 0.1) is 0 Å². The molecule has 0 aromatic carbocycles. The highest BCUT2D eigenvalue weighted by atomic mass is 16.5. The summed E-state index contributed by atoms with van der Waals surface area (Å²) in [6, 6.07) is 3.93. The SMILES string of the molecule is c1coc(-c2noc(CNC3CCc4ncnn4C3)n2)c1. The van der Waals surface area contributed by atoms with Crippen molar-refractivity contribution in [1.29, 1.82) is 0 Å². The minimum Gasteiger partial charge on any atom is -0.461 e. The summed E-state index contributed by atoms with van der Waals surface area (Å²) in [6.07, 6.45) is 5.14. The Morgan fingerprint density at radius 1 is 1.43 bits per heavy atom. The van der Waals surface area contributed by atoms with Crippen LogP contribution in [0.15, 0.2) is 33.7 Å². The molecule has 0 bridgehead atoms. The van der Waals surface area contributed by atoms with Crippen molar-refractivity contribution in [3.8, 4) is 11.6 Å². The Hall–Kier alpha value is -2.48. The Morgan fingerprint density at radius 2 is 2.43 bits per heavy atom. The highest BCUT2D eigenvalue weighted by Gasteiger charge is 2.20. The van der Waals surface area contributed by atoms with Crippen molar-refractivity contribution in [1.82, 2.24) is 30.2 Å². The number of aromatic nitrogens is 5. The van der Waals surface area contributed by atoms with Gasteiger partial charge < -0.3 is 14.3 Å². The molecule has 1 N–H and O–H groups in total. The summed E-state index contributed by atoms with van der Waals surface area (Å²) in [5.74, 6) is 2.67. The summed E-state index contributed by atoms with van der Waals surface area (Å²) in [4.78, 5) is 8.52. The van der Waals surface area contributed by atoms with Crippen LogP contribution < -0.4 is 5.32 Å². The predicted molar refractivity (Wildman–Crippen MR) is 71.0 cm³/mol. The molecule has 0 spiro atoms. The number of furan rings is 1. The zero-order valence-corrected chi connectivity index (χ0v) is 11.3. The van der Waals surface area contributed by atoms with Crippen LogP contribution in [0.3, 0.4) is 0 Å². The van der Waals surface area contributed by atoms with Gasteiger partial charge in [0, 0.05) is 12.5 Å². The molecule has 0 amide bonds. The molecule has 21 heavy (non-hydrogen) atoms. The van der Waals surface area contributed by atoms with Crippen LogP contribution in [0.2, 0.25) is 0 Å². The van der Waals surface area contributed by atoms with Gasteiger partial charge in [0.1, 0.15) is 12.2 Å². The Labute approximate surface area is 120 Å². The van der Waals surface area contributed by atoms with Crippen molar-refractivity contribution in [2.45, 2.75) is 32.0 Å². The third-order valence-electron chi connectivity index (χ3n) is 3.56. The lowest BCUT2D eigenvalue weighted by Gasteiger charge is -2.22. The lowest BCUT2D eigenvalue weighted by Crippen LogP contribution is -2.37. The average Bonchev–Trinajstić information content (AvgIpc) is 3.24. The van der Waals surface area contributed by atoms with Gasteiger partial charge in [0.05, 0.1) is 19.4 Å². The molecule has 8 nitrogen and oxygen atoms in total. The molecule has 108 valence electrons. The van der Waals surface area contributed by atoms with Crippen molar-refractivity contribution in [3.05, 3.63) is 36.4 Å². The molecule has 3 aromatic heterocycles. The Bertz CT molecular complexity index is 717. The minimum atomic E-state index is 0.332. The molecule has 1 unspecified atom stereocenters. The maximum absolute atomic E-state index is 5.23. The highest BCUT2D eigenvalue weighted by Crippen LogP contribution is 2.16. The van der Waals surface area contributed by atoms with E-state index in [0.717, 1.165) is 25.2 Å². The van der Waals surface area contributed by atoms with Gasteiger partial charge in [-0.1, -0.05) is 5.16 Å². The number of nitrogens with zero attached hydrogens (tertiary/aromatic N) is 5. The first-order valence-electron chi connectivity index (χ1n) is 6.85. The maximum atomic E-state index is 5.23. The fourth-order valence-corrected chi connectivity index (χ4v) is 2.47. The molecule has 1 aliphatic heterocycles. The minimum absolute atomic E-state index is 0.332. The first-order valence-corrected chi connectivity index (χ1v) is 6.85. The summed E-state index contributed by atoms with van der Waals surface area (Å²) in [7, 11) is 0. The fraction of sp³-hybridized carbons (Fsp3) is 0.385. The van der Waals surface area contributed by atoms with Crippen molar-refractivity contribution in [2.75, 3.05) is 0 Å². The summed E-state index contributed by atoms with van der Waals surface area (Å²) < 4.78 is 12.4. The van der Waals surface area contributed by atoms with Crippen molar-refractivity contribution in [2.24, 2.45) is 0 Å². The van der Waals surface area contributed by atoms with Crippen LogP contribution in [-0.4, -0.2) is 30.9 Å². The molecule has 8 heteroatoms. The van der Waals surface area contributed by atoms with Crippen LogP contribution in [-0.2, 0) is 19.5 Å². The van der Waals surface area contributed by atoms with Crippen LogP contribution in [0.25, 0.3) is 11.6 Å². The molecule has 0 saturated carbocycles. The van der Waals surface area contributed by atoms with Crippen molar-refractivity contribution >= 4 is 0 Å². The van der Waals surface area contributed by atoms with E-state index in [1.54, 1.807) is 24.7 Å². The summed E-state index contributed by atoms with van der Waals surface area (Å²) >= 11 is 0. The van der Waals surface area contributed by atoms with Gasteiger partial charge in [0.25, 0.3) is 0 Å². The number of nitrogens with one attached hydrogen (secondary N) is 1. The van der Waals surface area contributed by atoms with Crippen LogP contribution in [0.5, 0.6) is 0 Å². The zero-order valence-electron chi connectivity index (χ0n) is 11.3. The summed E-state index contributed by atoms with van der Waals surface area (Å²) in [5.41, 5.74) is 0. The molecule has 0 fully saturated rings. The van der Waals surface area contributed by atoms with E-state index in [1.807, 2.05) is 4.68 Å². The van der Waals surface area contributed by atoms with Gasteiger partial charge in [-0.15, -0.1) is 0 Å². The van der Waals surface area contributed by atoms with E-state index in [-0.39, 0.29) is 0 Å². The van der Waals surface area contributed by atoms with E-state index in [9.17, 15) is 0 Å². The van der Waals surface area contributed by atoms with Crippen molar-refractivity contribution < 1.29 is 8.94 Å². The first-order chi connectivity index (χ1) is 10.4. The molecule has 0 radical (unpaired) electrons. The number of aryl methyl sites for hydroxylation is 1. The second-order valence-electron chi connectivity index (χ2n) is 4.96. The van der Waals surface area contributed by atoms with E-state index < -0.39 is 0 Å². The molecular weight excluding hydrogens is 272 g/mol. The monoisotopic (exact) mass is 286 g/mol. The molecule has 1 aliphatic rings. The predicted octanol–water partition coefficient (Wildman–Crippen LogP) is 1.03. The van der Waals surface area contributed by atoms with Gasteiger partial charge in [-0.3, -0.25) is 0 Å². The normalized spacial score (nSPS) is 17.8. The van der Waals surface area contributed by atoms with E-state index >= 15 is 0 Å². The number of hydrogen-bond donors (Lipinski definition) is 1. The average molecular weight is 286 g/mol. The second kappa shape index (κ2) is 5.13.